The third-order valence-electron chi connectivity index (χ3n) is 3.80. The Bertz CT molecular complexity index is 1110. The molecule has 2 aromatic carbocycles. The van der Waals surface area contributed by atoms with Gasteiger partial charge in [-0.3, -0.25) is 20.0 Å². The maximum atomic E-state index is 11.7. The third kappa shape index (κ3) is 1.92. The number of nitrogens with two attached hydrogens (primary N) is 1. The number of fused-ring (bicyclic) bond motifs is 3. The number of aromatic amines is 1. The van der Waals surface area contributed by atoms with Crippen LogP contribution >= 0.6 is 0 Å². The molecule has 2 heterocycles. The quantitative estimate of drug-likeness (QED) is 0.439. The van der Waals surface area contributed by atoms with Crippen LogP contribution in [-0.4, -0.2) is 30.8 Å². The maximum absolute atomic E-state index is 11.7. The number of hydrogen-bond acceptors (Lipinski definition) is 5. The first-order valence-electron chi connectivity index (χ1n) is 6.95. The van der Waals surface area contributed by atoms with E-state index >= 15 is 0 Å². The lowest BCUT2D eigenvalue weighted by atomic mass is 10.1. The minimum atomic E-state index is -0.650. The van der Waals surface area contributed by atoms with Gasteiger partial charge in [-0.05, 0) is 24.3 Å². The van der Waals surface area contributed by atoms with E-state index in [4.69, 9.17) is 5.73 Å². The van der Waals surface area contributed by atoms with Crippen molar-refractivity contribution < 1.29 is 9.72 Å². The highest BCUT2D eigenvalue weighted by molar-refractivity contribution is 6.12. The first-order chi connectivity index (χ1) is 11.6. The number of nitro groups is 1. The summed E-state index contributed by atoms with van der Waals surface area (Å²) in [7, 11) is 0. The number of primary amides is 1. The molecule has 0 aliphatic heterocycles. The summed E-state index contributed by atoms with van der Waals surface area (Å²) in [5, 5.41) is 23.3. The van der Waals surface area contributed by atoms with E-state index in [1.165, 1.54) is 16.8 Å². The zero-order valence-electron chi connectivity index (χ0n) is 12.1. The van der Waals surface area contributed by atoms with Gasteiger partial charge in [-0.1, -0.05) is 0 Å². The molecule has 0 saturated carbocycles. The second-order valence-corrected chi connectivity index (χ2v) is 5.19. The lowest BCUT2D eigenvalue weighted by Crippen LogP contribution is -2.12. The Labute approximate surface area is 133 Å². The zero-order valence-corrected chi connectivity index (χ0v) is 12.1. The molecular formula is C15H10N6O3. The largest absolute Gasteiger partial charge is 0.364 e. The van der Waals surface area contributed by atoms with Crippen LogP contribution in [0.5, 0.6) is 0 Å². The maximum Gasteiger partial charge on any atom is 0.269 e. The van der Waals surface area contributed by atoms with Crippen molar-refractivity contribution in [2.24, 2.45) is 5.73 Å². The highest BCUT2D eigenvalue weighted by Crippen LogP contribution is 2.29. The number of H-pyrrole nitrogens is 1. The topological polar surface area (TPSA) is 133 Å². The summed E-state index contributed by atoms with van der Waals surface area (Å²) in [6.45, 7) is 0. The monoisotopic (exact) mass is 322 g/mol. The van der Waals surface area contributed by atoms with E-state index in [2.05, 4.69) is 15.3 Å². The molecule has 0 radical (unpaired) electrons. The summed E-state index contributed by atoms with van der Waals surface area (Å²) in [5.41, 5.74) is 7.54. The third-order valence-corrected chi connectivity index (χ3v) is 3.80. The van der Waals surface area contributed by atoms with Crippen LogP contribution in [0.3, 0.4) is 0 Å². The van der Waals surface area contributed by atoms with Gasteiger partial charge in [0.25, 0.3) is 11.6 Å². The van der Waals surface area contributed by atoms with Crippen molar-refractivity contribution in [2.75, 3.05) is 0 Å². The molecule has 2 aromatic heterocycles. The predicted molar refractivity (Wildman–Crippen MR) is 85.9 cm³/mol. The summed E-state index contributed by atoms with van der Waals surface area (Å²) >= 11 is 0. The summed E-state index contributed by atoms with van der Waals surface area (Å²) in [6.07, 6.45) is 1.63. The van der Waals surface area contributed by atoms with Crippen LogP contribution < -0.4 is 5.73 Å². The molecule has 0 aliphatic rings. The molecule has 0 saturated heterocycles. The Balaban J connectivity index is 2.05. The van der Waals surface area contributed by atoms with Crippen molar-refractivity contribution in [3.05, 3.63) is 58.4 Å². The fraction of sp³-hybridized carbons (Fsp3) is 0. The molecule has 0 fully saturated rings. The van der Waals surface area contributed by atoms with Gasteiger partial charge in [-0.15, -0.1) is 0 Å². The lowest BCUT2D eigenvalue weighted by molar-refractivity contribution is -0.384. The Morgan fingerprint density at radius 3 is 2.58 bits per heavy atom. The Morgan fingerprint density at radius 1 is 1.17 bits per heavy atom. The SMILES string of the molecule is NC(=O)c1nn(-c2ccc([N+](=O)[O-])cc2)c2c1ccc1[nH]ncc12. The molecule has 3 N–H and O–H groups in total. The molecule has 9 nitrogen and oxygen atoms in total. The van der Waals surface area contributed by atoms with Gasteiger partial charge in [-0.25, -0.2) is 4.68 Å². The Kier molecular flexibility index (Phi) is 2.82. The fourth-order valence-electron chi connectivity index (χ4n) is 2.71. The molecular weight excluding hydrogens is 312 g/mol. The first-order valence-corrected chi connectivity index (χ1v) is 6.95. The zero-order chi connectivity index (χ0) is 16.8. The Hall–Kier alpha value is -3.75. The molecule has 0 spiro atoms. The van der Waals surface area contributed by atoms with E-state index in [9.17, 15) is 14.9 Å². The van der Waals surface area contributed by atoms with Gasteiger partial charge in [-0.2, -0.15) is 10.2 Å². The van der Waals surface area contributed by atoms with Crippen LogP contribution in [0.2, 0.25) is 0 Å². The molecule has 4 rings (SSSR count). The summed E-state index contributed by atoms with van der Waals surface area (Å²) in [6, 6.07) is 9.41. The second-order valence-electron chi connectivity index (χ2n) is 5.19. The minimum Gasteiger partial charge on any atom is -0.364 e. The van der Waals surface area contributed by atoms with Crippen molar-refractivity contribution in [3.63, 3.8) is 0 Å². The number of nitrogens with one attached hydrogen (secondary N) is 1. The number of rotatable bonds is 3. The van der Waals surface area contributed by atoms with Gasteiger partial charge < -0.3 is 5.73 Å². The number of non-ortho nitro benzene ring substituents is 1. The Morgan fingerprint density at radius 2 is 1.92 bits per heavy atom. The number of carbonyl (C=O) groups excluding carboxylic acids is 1. The summed E-state index contributed by atoms with van der Waals surface area (Å²) in [4.78, 5) is 22.0. The summed E-state index contributed by atoms with van der Waals surface area (Å²) < 4.78 is 1.54. The molecule has 118 valence electrons. The number of nitrogens with zero attached hydrogens (tertiary/aromatic N) is 4. The van der Waals surface area contributed by atoms with Crippen molar-refractivity contribution >= 4 is 33.4 Å². The van der Waals surface area contributed by atoms with Crippen LogP contribution in [0.25, 0.3) is 27.5 Å². The van der Waals surface area contributed by atoms with Crippen LogP contribution in [0, 0.1) is 10.1 Å². The van der Waals surface area contributed by atoms with Gasteiger partial charge in [0.1, 0.15) is 0 Å². The number of hydrogen-bond donors (Lipinski definition) is 2. The van der Waals surface area contributed by atoms with Crippen LogP contribution in [0.15, 0.2) is 42.6 Å². The highest BCUT2D eigenvalue weighted by Gasteiger charge is 2.19. The molecule has 9 heteroatoms. The minimum absolute atomic E-state index is 0.0289. The van der Waals surface area contributed by atoms with Gasteiger partial charge >= 0.3 is 0 Å². The lowest BCUT2D eigenvalue weighted by Gasteiger charge is -2.04. The number of aromatic nitrogens is 4. The molecule has 0 aliphatic carbocycles. The average Bonchev–Trinajstić information content (AvgIpc) is 3.18. The van der Waals surface area contributed by atoms with Crippen molar-refractivity contribution in [2.45, 2.75) is 0 Å². The van der Waals surface area contributed by atoms with E-state index in [0.717, 1.165) is 10.9 Å². The molecule has 0 atom stereocenters. The highest BCUT2D eigenvalue weighted by atomic mass is 16.6. The molecule has 4 aromatic rings. The van der Waals surface area contributed by atoms with E-state index in [-0.39, 0.29) is 11.4 Å². The normalized spacial score (nSPS) is 11.2. The standard InChI is InChI=1S/C15H10N6O3/c16-15(22)13-10-5-6-12-11(7-17-18-12)14(10)20(19-13)8-1-3-9(4-2-8)21(23)24/h1-7H,(H2,16,22)(H,17,18). The average molecular weight is 322 g/mol. The van der Waals surface area contributed by atoms with Gasteiger partial charge in [0.15, 0.2) is 5.69 Å². The second kappa shape index (κ2) is 4.88. The molecule has 24 heavy (non-hydrogen) atoms. The number of carbonyl (C=O) groups is 1. The first kappa shape index (κ1) is 13.9. The van der Waals surface area contributed by atoms with E-state index in [0.29, 0.717) is 16.6 Å². The van der Waals surface area contributed by atoms with Crippen LogP contribution in [0.1, 0.15) is 10.5 Å². The molecule has 0 unspecified atom stereocenters. The van der Waals surface area contributed by atoms with Gasteiger partial charge in [0.2, 0.25) is 0 Å². The van der Waals surface area contributed by atoms with Crippen LogP contribution in [0.4, 0.5) is 5.69 Å². The predicted octanol–water partition coefficient (Wildman–Crippen LogP) is 1.91. The van der Waals surface area contributed by atoms with E-state index < -0.39 is 10.8 Å². The fourth-order valence-corrected chi connectivity index (χ4v) is 2.71. The molecule has 1 amide bonds. The number of amides is 1. The number of benzene rings is 2. The smallest absolute Gasteiger partial charge is 0.269 e. The molecule has 0 bridgehead atoms. The summed E-state index contributed by atoms with van der Waals surface area (Å²) in [5.74, 6) is -0.650. The van der Waals surface area contributed by atoms with Crippen molar-refractivity contribution in [1.82, 2.24) is 20.0 Å². The van der Waals surface area contributed by atoms with Crippen molar-refractivity contribution in [3.8, 4) is 5.69 Å². The van der Waals surface area contributed by atoms with Gasteiger partial charge in [0, 0.05) is 22.9 Å². The van der Waals surface area contributed by atoms with E-state index in [1.807, 2.05) is 0 Å². The van der Waals surface area contributed by atoms with E-state index in [1.54, 1.807) is 30.5 Å². The van der Waals surface area contributed by atoms with Crippen LogP contribution in [-0.2, 0) is 0 Å². The van der Waals surface area contributed by atoms with Gasteiger partial charge in [0.05, 0.1) is 27.8 Å². The van der Waals surface area contributed by atoms with Crippen molar-refractivity contribution in [1.29, 1.82) is 0 Å². The number of nitro benzene ring substituents is 1.